The minimum Gasteiger partial charge on any atom is -0.353 e. The molecule has 0 radical (unpaired) electrons. The Balaban J connectivity index is 2.84. The van der Waals surface area contributed by atoms with Gasteiger partial charge in [0.1, 0.15) is 5.82 Å². The van der Waals surface area contributed by atoms with E-state index >= 15 is 0 Å². The normalized spacial score (nSPS) is 11.3. The highest BCUT2D eigenvalue weighted by Gasteiger charge is 2.17. The van der Waals surface area contributed by atoms with E-state index in [1.54, 1.807) is 0 Å². The van der Waals surface area contributed by atoms with Gasteiger partial charge in [-0.15, -0.1) is 0 Å². The summed E-state index contributed by atoms with van der Waals surface area (Å²) in [6.07, 6.45) is 4.35. The van der Waals surface area contributed by atoms with E-state index in [9.17, 15) is 0 Å². The standard InChI is InChI=1S/C17H31N3/c1-6-16(7-2)20(13-14(4)5)17-10-9-15(12-19-17)11-18-8-3/h9-10,12,14,16,18H,6-8,11,13H2,1-5H3. The molecule has 0 aliphatic rings. The van der Waals surface area contributed by atoms with E-state index in [0.29, 0.717) is 12.0 Å². The molecule has 0 aliphatic carbocycles. The van der Waals surface area contributed by atoms with Crippen LogP contribution in [0.25, 0.3) is 0 Å². The molecule has 1 N–H and O–H groups in total. The van der Waals surface area contributed by atoms with Gasteiger partial charge in [-0.3, -0.25) is 0 Å². The molecule has 0 saturated carbocycles. The fourth-order valence-corrected chi connectivity index (χ4v) is 2.51. The molecule has 114 valence electrons. The van der Waals surface area contributed by atoms with Gasteiger partial charge >= 0.3 is 0 Å². The largest absolute Gasteiger partial charge is 0.353 e. The van der Waals surface area contributed by atoms with E-state index in [1.165, 1.54) is 18.4 Å². The number of nitrogens with zero attached hydrogens (tertiary/aromatic N) is 2. The summed E-state index contributed by atoms with van der Waals surface area (Å²) in [5, 5.41) is 3.34. The lowest BCUT2D eigenvalue weighted by atomic mass is 10.1. The molecule has 0 spiro atoms. The van der Waals surface area contributed by atoms with Crippen molar-refractivity contribution in [2.24, 2.45) is 5.92 Å². The van der Waals surface area contributed by atoms with Crippen molar-refractivity contribution in [2.75, 3.05) is 18.0 Å². The van der Waals surface area contributed by atoms with Gasteiger partial charge in [0.25, 0.3) is 0 Å². The molecule has 0 atom stereocenters. The second kappa shape index (κ2) is 8.96. The number of pyridine rings is 1. The fourth-order valence-electron chi connectivity index (χ4n) is 2.51. The summed E-state index contributed by atoms with van der Waals surface area (Å²) in [7, 11) is 0. The molecule has 0 bridgehead atoms. The zero-order valence-electron chi connectivity index (χ0n) is 13.8. The van der Waals surface area contributed by atoms with Crippen molar-refractivity contribution in [2.45, 2.75) is 60.0 Å². The van der Waals surface area contributed by atoms with Crippen LogP contribution in [0.15, 0.2) is 18.3 Å². The van der Waals surface area contributed by atoms with E-state index < -0.39 is 0 Å². The van der Waals surface area contributed by atoms with Gasteiger partial charge in [-0.2, -0.15) is 0 Å². The average Bonchev–Trinajstić information content (AvgIpc) is 2.45. The fraction of sp³-hybridized carbons (Fsp3) is 0.706. The summed E-state index contributed by atoms with van der Waals surface area (Å²) in [6, 6.07) is 4.96. The summed E-state index contributed by atoms with van der Waals surface area (Å²) in [6.45, 7) is 14.2. The number of aromatic nitrogens is 1. The number of hydrogen-bond donors (Lipinski definition) is 1. The number of hydrogen-bond acceptors (Lipinski definition) is 3. The Morgan fingerprint density at radius 1 is 1.15 bits per heavy atom. The summed E-state index contributed by atoms with van der Waals surface area (Å²) in [5.41, 5.74) is 1.25. The first kappa shape index (κ1) is 17.0. The van der Waals surface area contributed by atoms with Crippen LogP contribution in [0.3, 0.4) is 0 Å². The highest BCUT2D eigenvalue weighted by Crippen LogP contribution is 2.20. The Kier molecular flexibility index (Phi) is 7.60. The first-order valence-corrected chi connectivity index (χ1v) is 8.04. The Labute approximate surface area is 124 Å². The third-order valence-corrected chi connectivity index (χ3v) is 3.63. The average molecular weight is 277 g/mol. The van der Waals surface area contributed by atoms with Crippen LogP contribution >= 0.6 is 0 Å². The first-order chi connectivity index (χ1) is 9.62. The quantitative estimate of drug-likeness (QED) is 0.743. The SMILES string of the molecule is CCNCc1ccc(N(CC(C)C)C(CC)CC)nc1. The van der Waals surface area contributed by atoms with Gasteiger partial charge in [-0.25, -0.2) is 4.98 Å². The van der Waals surface area contributed by atoms with Gasteiger partial charge in [-0.1, -0.05) is 40.7 Å². The molecule has 1 aromatic heterocycles. The Morgan fingerprint density at radius 3 is 2.30 bits per heavy atom. The Morgan fingerprint density at radius 2 is 1.85 bits per heavy atom. The molecule has 0 fully saturated rings. The minimum absolute atomic E-state index is 0.588. The van der Waals surface area contributed by atoms with E-state index in [0.717, 1.165) is 25.5 Å². The molecular formula is C17H31N3. The molecule has 3 nitrogen and oxygen atoms in total. The first-order valence-electron chi connectivity index (χ1n) is 8.04. The summed E-state index contributed by atoms with van der Waals surface area (Å²) in [4.78, 5) is 7.16. The van der Waals surface area contributed by atoms with Crippen molar-refractivity contribution < 1.29 is 0 Å². The minimum atomic E-state index is 0.588. The summed E-state index contributed by atoms with van der Waals surface area (Å²) < 4.78 is 0. The lowest BCUT2D eigenvalue weighted by molar-refractivity contribution is 0.503. The molecule has 3 heteroatoms. The van der Waals surface area contributed by atoms with Crippen molar-refractivity contribution in [1.82, 2.24) is 10.3 Å². The predicted molar refractivity (Wildman–Crippen MR) is 88.2 cm³/mol. The predicted octanol–water partition coefficient (Wildman–Crippen LogP) is 3.84. The van der Waals surface area contributed by atoms with Crippen LogP contribution in [0.5, 0.6) is 0 Å². The van der Waals surface area contributed by atoms with E-state index in [4.69, 9.17) is 0 Å². The molecule has 0 unspecified atom stereocenters. The molecule has 0 saturated heterocycles. The third-order valence-electron chi connectivity index (χ3n) is 3.63. The van der Waals surface area contributed by atoms with Gasteiger partial charge in [0.15, 0.2) is 0 Å². The zero-order valence-corrected chi connectivity index (χ0v) is 13.8. The number of anilines is 1. The zero-order chi connectivity index (χ0) is 15.0. The highest BCUT2D eigenvalue weighted by atomic mass is 15.2. The van der Waals surface area contributed by atoms with Crippen LogP contribution in [0.2, 0.25) is 0 Å². The maximum atomic E-state index is 4.69. The van der Waals surface area contributed by atoms with Crippen LogP contribution in [0.4, 0.5) is 5.82 Å². The van der Waals surface area contributed by atoms with Gasteiger partial charge in [0.05, 0.1) is 0 Å². The molecule has 0 aliphatic heterocycles. The van der Waals surface area contributed by atoms with Crippen LogP contribution in [0.1, 0.15) is 53.0 Å². The molecule has 0 amide bonds. The van der Waals surface area contributed by atoms with Gasteiger partial charge in [0, 0.05) is 25.3 Å². The van der Waals surface area contributed by atoms with Crippen LogP contribution in [-0.2, 0) is 6.54 Å². The Bertz CT molecular complexity index is 355. The van der Waals surface area contributed by atoms with Crippen molar-refractivity contribution in [1.29, 1.82) is 0 Å². The monoisotopic (exact) mass is 277 g/mol. The highest BCUT2D eigenvalue weighted by molar-refractivity contribution is 5.40. The second-order valence-corrected chi connectivity index (χ2v) is 5.82. The molecular weight excluding hydrogens is 246 g/mol. The van der Waals surface area contributed by atoms with Gasteiger partial charge in [0.2, 0.25) is 0 Å². The van der Waals surface area contributed by atoms with Gasteiger partial charge < -0.3 is 10.2 Å². The van der Waals surface area contributed by atoms with Gasteiger partial charge in [-0.05, 0) is 36.9 Å². The molecule has 20 heavy (non-hydrogen) atoms. The van der Waals surface area contributed by atoms with E-state index in [-0.39, 0.29) is 0 Å². The van der Waals surface area contributed by atoms with Crippen molar-refractivity contribution in [3.05, 3.63) is 23.9 Å². The smallest absolute Gasteiger partial charge is 0.128 e. The Hall–Kier alpha value is -1.09. The second-order valence-electron chi connectivity index (χ2n) is 5.82. The third kappa shape index (κ3) is 5.12. The van der Waals surface area contributed by atoms with Crippen LogP contribution in [0, 0.1) is 5.92 Å². The molecule has 1 heterocycles. The topological polar surface area (TPSA) is 28.2 Å². The summed E-state index contributed by atoms with van der Waals surface area (Å²) in [5.74, 6) is 1.77. The lowest BCUT2D eigenvalue weighted by Gasteiger charge is -2.33. The maximum absolute atomic E-state index is 4.69. The van der Waals surface area contributed by atoms with Crippen molar-refractivity contribution in [3.8, 4) is 0 Å². The lowest BCUT2D eigenvalue weighted by Crippen LogP contribution is -2.38. The number of rotatable bonds is 9. The van der Waals surface area contributed by atoms with Crippen molar-refractivity contribution >= 4 is 5.82 Å². The van der Waals surface area contributed by atoms with Crippen LogP contribution in [-0.4, -0.2) is 24.1 Å². The molecule has 1 rings (SSSR count). The molecule has 0 aromatic carbocycles. The number of nitrogens with one attached hydrogen (secondary N) is 1. The van der Waals surface area contributed by atoms with E-state index in [2.05, 4.69) is 62.0 Å². The van der Waals surface area contributed by atoms with E-state index in [1.807, 2.05) is 6.20 Å². The van der Waals surface area contributed by atoms with Crippen LogP contribution < -0.4 is 10.2 Å². The van der Waals surface area contributed by atoms with Crippen molar-refractivity contribution in [3.63, 3.8) is 0 Å². The summed E-state index contributed by atoms with van der Waals surface area (Å²) >= 11 is 0. The molecule has 1 aromatic rings. The maximum Gasteiger partial charge on any atom is 0.128 e.